The highest BCUT2D eigenvalue weighted by Crippen LogP contribution is 2.27. The number of rotatable bonds is 0. The van der Waals surface area contributed by atoms with Gasteiger partial charge in [-0.05, 0) is 29.7 Å². The minimum absolute atomic E-state index is 1.05. The van der Waals surface area contributed by atoms with E-state index < -0.39 is 0 Å². The van der Waals surface area contributed by atoms with Crippen molar-refractivity contribution in [1.82, 2.24) is 0 Å². The molecule has 0 bridgehead atoms. The van der Waals surface area contributed by atoms with Gasteiger partial charge in [-0.2, -0.15) is 0 Å². The second kappa shape index (κ2) is 8.53. The quantitative estimate of drug-likeness (QED) is 0.493. The molecule has 0 nitrogen and oxygen atoms in total. The van der Waals surface area contributed by atoms with Gasteiger partial charge in [-0.1, -0.05) is 75.9 Å². The molecule has 0 saturated carbocycles. The van der Waals surface area contributed by atoms with Crippen LogP contribution in [-0.4, -0.2) is 5.75 Å². The smallest absolute Gasteiger partial charge is 0.0249 e. The molecule has 0 unspecified atom stereocenters. The molecule has 1 aliphatic rings. The Morgan fingerprint density at radius 2 is 1.26 bits per heavy atom. The van der Waals surface area contributed by atoms with E-state index in [1.165, 1.54) is 5.75 Å². The van der Waals surface area contributed by atoms with Gasteiger partial charge in [0.2, 0.25) is 0 Å². The van der Waals surface area contributed by atoms with Gasteiger partial charge in [-0.3, -0.25) is 0 Å². The average Bonchev–Trinajstić information content (AvgIpc) is 3.07. The Morgan fingerprint density at radius 3 is 1.58 bits per heavy atom. The zero-order valence-electron chi connectivity index (χ0n) is 10.5. The van der Waals surface area contributed by atoms with Crippen LogP contribution in [0.2, 0.25) is 0 Å². The molecule has 0 saturated heterocycles. The van der Waals surface area contributed by atoms with Crippen molar-refractivity contribution in [1.29, 1.82) is 0 Å². The van der Waals surface area contributed by atoms with E-state index in [4.69, 9.17) is 0 Å². The van der Waals surface area contributed by atoms with Crippen LogP contribution in [0.5, 0.6) is 0 Å². The second-order valence-electron chi connectivity index (χ2n) is 3.73. The highest BCUT2D eigenvalue weighted by atomic mass is 33.1. The van der Waals surface area contributed by atoms with Gasteiger partial charge < -0.3 is 0 Å². The Kier molecular flexibility index (Phi) is 6.22. The van der Waals surface area contributed by atoms with Crippen LogP contribution in [0.15, 0.2) is 72.1 Å². The van der Waals surface area contributed by atoms with Gasteiger partial charge in [0.1, 0.15) is 0 Å². The van der Waals surface area contributed by atoms with E-state index >= 15 is 0 Å². The minimum atomic E-state index is 1.05. The van der Waals surface area contributed by atoms with E-state index in [-0.39, 0.29) is 0 Å². The van der Waals surface area contributed by atoms with E-state index in [9.17, 15) is 0 Å². The van der Waals surface area contributed by atoms with Crippen molar-refractivity contribution >= 4 is 21.6 Å². The van der Waals surface area contributed by atoms with Gasteiger partial charge in [-0.15, -0.1) is 0 Å². The van der Waals surface area contributed by atoms with E-state index in [2.05, 4.69) is 23.3 Å². The summed E-state index contributed by atoms with van der Waals surface area (Å²) in [5, 5.41) is 2.12. The fourth-order valence-corrected chi connectivity index (χ4v) is 2.96. The van der Waals surface area contributed by atoms with E-state index in [1.807, 2.05) is 82.3 Å². The van der Waals surface area contributed by atoms with E-state index in [0.29, 0.717) is 0 Å². The molecule has 2 aromatic carbocycles. The first-order valence-corrected chi connectivity index (χ1v) is 8.39. The highest BCUT2D eigenvalue weighted by Gasteiger charge is 1.86. The zero-order valence-corrected chi connectivity index (χ0v) is 12.1. The fraction of sp³-hybridized carbons (Fsp3) is 0.0588. The summed E-state index contributed by atoms with van der Waals surface area (Å²) in [7, 11) is 3.69. The van der Waals surface area contributed by atoms with Crippen molar-refractivity contribution in [2.24, 2.45) is 0 Å². The van der Waals surface area contributed by atoms with Gasteiger partial charge in [0.05, 0.1) is 0 Å². The van der Waals surface area contributed by atoms with Crippen LogP contribution in [0.3, 0.4) is 0 Å². The van der Waals surface area contributed by atoms with Gasteiger partial charge in [0.15, 0.2) is 0 Å². The summed E-state index contributed by atoms with van der Waals surface area (Å²) in [4.78, 5) is 0. The lowest BCUT2D eigenvalue weighted by Crippen LogP contribution is -1.73. The molecule has 0 amide bonds. The van der Waals surface area contributed by atoms with Crippen LogP contribution in [-0.2, 0) is 0 Å². The van der Waals surface area contributed by atoms with Gasteiger partial charge in [0, 0.05) is 16.9 Å². The monoisotopic (exact) mass is 282 g/mol. The minimum Gasteiger partial charge on any atom is -0.0854 e. The molecule has 0 fully saturated rings. The molecule has 1 heterocycles. The van der Waals surface area contributed by atoms with Crippen molar-refractivity contribution in [3.05, 3.63) is 83.3 Å². The normalized spacial score (nSPS) is 12.0. The van der Waals surface area contributed by atoms with E-state index in [0.717, 1.165) is 11.1 Å². The van der Waals surface area contributed by atoms with Crippen LogP contribution in [0.1, 0.15) is 11.1 Å². The third kappa shape index (κ3) is 5.74. The summed E-state index contributed by atoms with van der Waals surface area (Å²) in [5.41, 5.74) is 2.10. The molecule has 0 spiro atoms. The van der Waals surface area contributed by atoms with Crippen molar-refractivity contribution in [3.63, 3.8) is 0 Å². The topological polar surface area (TPSA) is 0 Å². The SMILES string of the molecule is C(#Cc1ccccc1)c1ccccc1.C1=CSSC1. The van der Waals surface area contributed by atoms with Gasteiger partial charge in [-0.25, -0.2) is 0 Å². The van der Waals surface area contributed by atoms with Crippen LogP contribution in [0, 0.1) is 11.8 Å². The zero-order chi connectivity index (χ0) is 13.2. The first-order chi connectivity index (χ1) is 9.45. The molecule has 94 valence electrons. The number of hydrogen-bond acceptors (Lipinski definition) is 2. The van der Waals surface area contributed by atoms with Crippen molar-refractivity contribution in [2.75, 3.05) is 5.75 Å². The standard InChI is InChI=1S/C14H10.C3H4S2/c1-3-7-13(8-4-1)11-12-14-9-5-2-6-10-14;1-2-4-5-3-1/h1-10H;1-2H,3H2. The van der Waals surface area contributed by atoms with Crippen LogP contribution in [0.4, 0.5) is 0 Å². The molecule has 0 atom stereocenters. The second-order valence-corrected chi connectivity index (χ2v) is 6.05. The lowest BCUT2D eigenvalue weighted by atomic mass is 10.2. The fourth-order valence-electron chi connectivity index (χ4n) is 1.38. The molecule has 0 radical (unpaired) electrons. The third-order valence-electron chi connectivity index (χ3n) is 2.28. The predicted octanol–water partition coefficient (Wildman–Crippen LogP) is 4.98. The van der Waals surface area contributed by atoms with Crippen LogP contribution >= 0.6 is 21.6 Å². The summed E-state index contributed by atoms with van der Waals surface area (Å²) < 4.78 is 0. The van der Waals surface area contributed by atoms with Gasteiger partial charge in [0.25, 0.3) is 0 Å². The molecular formula is C17H14S2. The lowest BCUT2D eigenvalue weighted by molar-refractivity contribution is 1.62. The lowest BCUT2D eigenvalue weighted by Gasteiger charge is -1.88. The van der Waals surface area contributed by atoms with E-state index in [1.54, 1.807) is 0 Å². The molecule has 0 aliphatic carbocycles. The Balaban J connectivity index is 0.000000224. The van der Waals surface area contributed by atoms with Crippen LogP contribution in [0.25, 0.3) is 0 Å². The van der Waals surface area contributed by atoms with Crippen molar-refractivity contribution in [2.45, 2.75) is 0 Å². The van der Waals surface area contributed by atoms with Crippen LogP contribution < -0.4 is 0 Å². The summed E-state index contributed by atoms with van der Waals surface area (Å²) in [6.07, 6.45) is 2.16. The third-order valence-corrected chi connectivity index (χ3v) is 4.20. The molecule has 2 heteroatoms. The Labute approximate surface area is 122 Å². The van der Waals surface area contributed by atoms with Crippen molar-refractivity contribution < 1.29 is 0 Å². The Bertz CT molecular complexity index is 513. The maximum atomic E-state index is 3.11. The number of hydrogen-bond donors (Lipinski definition) is 0. The molecule has 1 aliphatic heterocycles. The summed E-state index contributed by atoms with van der Waals surface area (Å²) in [6.45, 7) is 0. The molecular weight excluding hydrogens is 268 g/mol. The predicted molar refractivity (Wildman–Crippen MR) is 88.1 cm³/mol. The highest BCUT2D eigenvalue weighted by molar-refractivity contribution is 8.78. The first-order valence-electron chi connectivity index (χ1n) is 6.00. The molecule has 0 aromatic heterocycles. The molecule has 19 heavy (non-hydrogen) atoms. The Hall–Kier alpha value is -1.56. The molecule has 3 rings (SSSR count). The van der Waals surface area contributed by atoms with Gasteiger partial charge >= 0.3 is 0 Å². The Morgan fingerprint density at radius 1 is 0.737 bits per heavy atom. The maximum absolute atomic E-state index is 3.11. The summed E-state index contributed by atoms with van der Waals surface area (Å²) >= 11 is 0. The summed E-state index contributed by atoms with van der Waals surface area (Å²) in [5.74, 6) is 7.42. The largest absolute Gasteiger partial charge is 0.0854 e. The van der Waals surface area contributed by atoms with Crippen molar-refractivity contribution in [3.8, 4) is 11.8 Å². The molecule has 0 N–H and O–H groups in total. The average molecular weight is 282 g/mol. The summed E-state index contributed by atoms with van der Waals surface area (Å²) in [6, 6.07) is 20.0. The maximum Gasteiger partial charge on any atom is 0.0249 e. The number of benzene rings is 2. The molecule has 2 aromatic rings. The first kappa shape index (κ1) is 13.9.